The molecule has 3 rings (SSSR count). The zero-order chi connectivity index (χ0) is 15.9. The van der Waals surface area contributed by atoms with Crippen molar-refractivity contribution in [3.05, 3.63) is 12.7 Å². The van der Waals surface area contributed by atoms with E-state index in [4.69, 9.17) is 16.9 Å². The van der Waals surface area contributed by atoms with Crippen LogP contribution >= 0.6 is 0 Å². The molecule has 2 aromatic rings. The Morgan fingerprint density at radius 3 is 2.91 bits per heavy atom. The van der Waals surface area contributed by atoms with Crippen molar-refractivity contribution < 1.29 is 20.1 Å². The highest BCUT2D eigenvalue weighted by Crippen LogP contribution is 2.40. The average molecular weight is 305 g/mol. The van der Waals surface area contributed by atoms with Crippen LogP contribution in [0, 0.1) is 12.3 Å². The third-order valence-electron chi connectivity index (χ3n) is 3.86. The fourth-order valence-electron chi connectivity index (χ4n) is 2.65. The predicted molar refractivity (Wildman–Crippen MR) is 75.1 cm³/mol. The molecule has 4 atom stereocenters. The summed E-state index contributed by atoms with van der Waals surface area (Å²) in [6.07, 6.45) is 4.30. The van der Waals surface area contributed by atoms with Crippen LogP contribution in [0.25, 0.3) is 11.2 Å². The van der Waals surface area contributed by atoms with Gasteiger partial charge in [-0.2, -0.15) is 0 Å². The van der Waals surface area contributed by atoms with Gasteiger partial charge in [-0.05, 0) is 0 Å². The van der Waals surface area contributed by atoms with Gasteiger partial charge in [-0.3, -0.25) is 4.57 Å². The van der Waals surface area contributed by atoms with Crippen molar-refractivity contribution in [2.45, 2.75) is 30.5 Å². The molecule has 0 amide bonds. The molecule has 9 nitrogen and oxygen atoms in total. The Bertz CT molecular complexity index is 742. The highest BCUT2D eigenvalue weighted by molar-refractivity contribution is 5.81. The van der Waals surface area contributed by atoms with E-state index in [1.54, 1.807) is 0 Å². The summed E-state index contributed by atoms with van der Waals surface area (Å²) in [6, 6.07) is 0. The van der Waals surface area contributed by atoms with Gasteiger partial charge in [0.1, 0.15) is 29.7 Å². The molecule has 2 aromatic heterocycles. The molecule has 0 spiro atoms. The van der Waals surface area contributed by atoms with Crippen molar-refractivity contribution in [2.75, 3.05) is 12.3 Å². The number of ether oxygens (including phenoxy) is 1. The van der Waals surface area contributed by atoms with Gasteiger partial charge in [-0.1, -0.05) is 0 Å². The van der Waals surface area contributed by atoms with Gasteiger partial charge in [0.05, 0.1) is 12.9 Å². The Hall–Kier alpha value is -2.25. The van der Waals surface area contributed by atoms with Crippen LogP contribution in [0.5, 0.6) is 0 Å². The average Bonchev–Trinajstić information content (AvgIpc) is 3.02. The van der Waals surface area contributed by atoms with Crippen LogP contribution in [0.1, 0.15) is 12.6 Å². The molecule has 0 radical (unpaired) electrons. The van der Waals surface area contributed by atoms with E-state index in [1.165, 1.54) is 17.2 Å². The summed E-state index contributed by atoms with van der Waals surface area (Å²) in [7, 11) is 0. The van der Waals surface area contributed by atoms with Gasteiger partial charge in [0.15, 0.2) is 17.7 Å². The Kier molecular flexibility index (Phi) is 3.46. The second-order valence-electron chi connectivity index (χ2n) is 5.10. The van der Waals surface area contributed by atoms with E-state index in [0.29, 0.717) is 11.2 Å². The first-order chi connectivity index (χ1) is 10.5. The number of nitrogens with two attached hydrogens (primary N) is 1. The second-order valence-corrected chi connectivity index (χ2v) is 5.10. The molecule has 9 heteroatoms. The summed E-state index contributed by atoms with van der Waals surface area (Å²) < 4.78 is 6.99. The predicted octanol–water partition coefficient (Wildman–Crippen LogP) is -1.59. The Morgan fingerprint density at radius 2 is 2.23 bits per heavy atom. The lowest BCUT2D eigenvalue weighted by Crippen LogP contribution is -2.48. The molecular formula is C13H15N5O4. The SMILES string of the molecule is C#CC[C@@]1(O)[C@@H](CO)O[C@@H](n2cnc3c(N)ncnc32)[C@@H]1O. The largest absolute Gasteiger partial charge is 0.394 e. The fraction of sp³-hybridized carbons (Fsp3) is 0.462. The minimum absolute atomic E-state index is 0.167. The minimum Gasteiger partial charge on any atom is -0.394 e. The van der Waals surface area contributed by atoms with Gasteiger partial charge in [-0.25, -0.2) is 15.0 Å². The molecule has 5 N–H and O–H groups in total. The third-order valence-corrected chi connectivity index (χ3v) is 3.86. The molecule has 0 unspecified atom stereocenters. The van der Waals surface area contributed by atoms with Crippen LogP contribution in [0.4, 0.5) is 5.82 Å². The Labute approximate surface area is 125 Å². The zero-order valence-electron chi connectivity index (χ0n) is 11.5. The van der Waals surface area contributed by atoms with E-state index >= 15 is 0 Å². The highest BCUT2D eigenvalue weighted by Gasteiger charge is 2.55. The van der Waals surface area contributed by atoms with E-state index in [0.717, 1.165) is 0 Å². The number of aliphatic hydroxyl groups excluding tert-OH is 2. The molecule has 0 bridgehead atoms. The minimum atomic E-state index is -1.76. The smallest absolute Gasteiger partial charge is 0.167 e. The summed E-state index contributed by atoms with van der Waals surface area (Å²) >= 11 is 0. The Balaban J connectivity index is 2.05. The van der Waals surface area contributed by atoms with Crippen LogP contribution in [0.15, 0.2) is 12.7 Å². The maximum absolute atomic E-state index is 10.5. The summed E-state index contributed by atoms with van der Waals surface area (Å²) in [5.74, 6) is 2.47. The van der Waals surface area contributed by atoms with Gasteiger partial charge < -0.3 is 25.8 Å². The quantitative estimate of drug-likeness (QED) is 0.498. The first-order valence-electron chi connectivity index (χ1n) is 6.56. The lowest BCUT2D eigenvalue weighted by atomic mass is 9.89. The van der Waals surface area contributed by atoms with Crippen molar-refractivity contribution in [2.24, 2.45) is 0 Å². The van der Waals surface area contributed by atoms with Crippen LogP contribution in [-0.2, 0) is 4.74 Å². The van der Waals surface area contributed by atoms with Gasteiger partial charge >= 0.3 is 0 Å². The number of fused-ring (bicyclic) bond motifs is 1. The molecule has 22 heavy (non-hydrogen) atoms. The molecule has 0 aromatic carbocycles. The first kappa shape index (κ1) is 14.7. The number of aromatic nitrogens is 4. The fourth-order valence-corrected chi connectivity index (χ4v) is 2.65. The molecular weight excluding hydrogens is 290 g/mol. The molecule has 1 aliphatic heterocycles. The number of rotatable bonds is 3. The van der Waals surface area contributed by atoms with Crippen molar-refractivity contribution >= 4 is 17.0 Å². The summed E-state index contributed by atoms with van der Waals surface area (Å²) in [4.78, 5) is 12.0. The van der Waals surface area contributed by atoms with Gasteiger partial charge in [-0.15, -0.1) is 12.3 Å². The van der Waals surface area contributed by atoms with Crippen molar-refractivity contribution in [1.29, 1.82) is 0 Å². The first-order valence-corrected chi connectivity index (χ1v) is 6.56. The number of hydrogen-bond donors (Lipinski definition) is 4. The van der Waals surface area contributed by atoms with E-state index in [-0.39, 0.29) is 12.2 Å². The normalized spacial score (nSPS) is 31.5. The molecule has 3 heterocycles. The van der Waals surface area contributed by atoms with Crippen molar-refractivity contribution in [3.63, 3.8) is 0 Å². The lowest BCUT2D eigenvalue weighted by molar-refractivity contribution is -0.0891. The highest BCUT2D eigenvalue weighted by atomic mass is 16.6. The van der Waals surface area contributed by atoms with Gasteiger partial charge in [0.2, 0.25) is 0 Å². The number of aliphatic hydroxyl groups is 3. The van der Waals surface area contributed by atoms with Gasteiger partial charge in [0.25, 0.3) is 0 Å². The number of imidazole rings is 1. The van der Waals surface area contributed by atoms with Crippen molar-refractivity contribution in [3.8, 4) is 12.3 Å². The summed E-state index contributed by atoms with van der Waals surface area (Å²) in [5, 5.41) is 30.4. The van der Waals surface area contributed by atoms with Gasteiger partial charge in [0, 0.05) is 6.42 Å². The number of terminal acetylenes is 1. The van der Waals surface area contributed by atoms with E-state index in [9.17, 15) is 15.3 Å². The number of nitrogens with zero attached hydrogens (tertiary/aromatic N) is 4. The number of anilines is 1. The monoisotopic (exact) mass is 305 g/mol. The summed E-state index contributed by atoms with van der Waals surface area (Å²) in [5.41, 5.74) is 4.65. The third kappa shape index (κ3) is 1.93. The molecule has 0 aliphatic carbocycles. The van der Waals surface area contributed by atoms with E-state index < -0.39 is 30.6 Å². The number of nitrogen functional groups attached to an aromatic ring is 1. The molecule has 1 saturated heterocycles. The summed E-state index contributed by atoms with van der Waals surface area (Å²) in [6.45, 7) is -0.491. The molecule has 0 saturated carbocycles. The zero-order valence-corrected chi connectivity index (χ0v) is 11.5. The van der Waals surface area contributed by atoms with Crippen LogP contribution < -0.4 is 5.73 Å². The molecule has 1 fully saturated rings. The maximum atomic E-state index is 10.5. The lowest BCUT2D eigenvalue weighted by Gasteiger charge is -2.28. The van der Waals surface area contributed by atoms with Crippen LogP contribution in [0.3, 0.4) is 0 Å². The van der Waals surface area contributed by atoms with E-state index in [1.807, 2.05) is 0 Å². The number of hydrogen-bond acceptors (Lipinski definition) is 8. The topological polar surface area (TPSA) is 140 Å². The van der Waals surface area contributed by atoms with E-state index in [2.05, 4.69) is 20.9 Å². The second kappa shape index (κ2) is 5.19. The Morgan fingerprint density at radius 1 is 1.45 bits per heavy atom. The molecule has 1 aliphatic rings. The van der Waals surface area contributed by atoms with Crippen LogP contribution in [-0.4, -0.2) is 59.3 Å². The standard InChI is InChI=1S/C13H15N5O4/c1-2-3-13(21)7(4-19)22-12(9(13)20)18-6-17-8-10(14)15-5-16-11(8)18/h1,5-7,9,12,19-21H,3-4H2,(H2,14,15,16)/t7-,9+,12-,13-/m1/s1. The molecule has 116 valence electrons. The maximum Gasteiger partial charge on any atom is 0.167 e. The van der Waals surface area contributed by atoms with Crippen LogP contribution in [0.2, 0.25) is 0 Å². The van der Waals surface area contributed by atoms with Crippen molar-refractivity contribution in [1.82, 2.24) is 19.5 Å².